The zero-order chi connectivity index (χ0) is 11.3. The molecule has 0 atom stereocenters. The predicted molar refractivity (Wildman–Crippen MR) is 59.6 cm³/mol. The molecule has 1 heterocycles. The summed E-state index contributed by atoms with van der Waals surface area (Å²) in [4.78, 5) is 11.5. The molecule has 1 aromatic rings. The molecule has 2 N–H and O–H groups in total. The zero-order valence-electron chi connectivity index (χ0n) is 9.26. The smallest absolute Gasteiger partial charge is 0.224 e. The van der Waals surface area contributed by atoms with Crippen LogP contribution in [0.15, 0.2) is 12.7 Å². The van der Waals surface area contributed by atoms with E-state index in [1.165, 1.54) is 0 Å². The third kappa shape index (κ3) is 3.23. The van der Waals surface area contributed by atoms with Gasteiger partial charge in [-0.05, 0) is 20.3 Å². The number of carbonyl (C=O) groups is 1. The van der Waals surface area contributed by atoms with Crippen molar-refractivity contribution in [1.82, 2.24) is 15.5 Å². The van der Waals surface area contributed by atoms with Gasteiger partial charge in [0, 0.05) is 17.8 Å². The number of hydrogen-bond acceptors (Lipinski definition) is 2. The number of H-pyrrole nitrogens is 1. The molecule has 82 valence electrons. The van der Waals surface area contributed by atoms with E-state index < -0.39 is 0 Å². The van der Waals surface area contributed by atoms with Gasteiger partial charge in [-0.2, -0.15) is 5.10 Å². The highest BCUT2D eigenvalue weighted by atomic mass is 16.1. The van der Waals surface area contributed by atoms with Crippen molar-refractivity contribution >= 4 is 5.91 Å². The largest absolute Gasteiger partial charge is 0.356 e. The van der Waals surface area contributed by atoms with Crippen LogP contribution in [-0.4, -0.2) is 22.6 Å². The first-order chi connectivity index (χ1) is 7.15. The Hall–Kier alpha value is -1.58. The Kier molecular flexibility index (Phi) is 4.09. The Bertz CT molecular complexity index is 335. The fourth-order valence-corrected chi connectivity index (χ4v) is 1.37. The molecule has 0 saturated heterocycles. The van der Waals surface area contributed by atoms with Crippen LogP contribution in [0.5, 0.6) is 0 Å². The minimum absolute atomic E-state index is 0.0319. The molecule has 0 aliphatic rings. The average Bonchev–Trinajstić information content (AvgIpc) is 2.50. The molecular formula is C11H17N3O. The van der Waals surface area contributed by atoms with Gasteiger partial charge in [0.1, 0.15) is 0 Å². The van der Waals surface area contributed by atoms with E-state index in [0.717, 1.165) is 23.4 Å². The van der Waals surface area contributed by atoms with E-state index in [1.54, 1.807) is 6.08 Å². The van der Waals surface area contributed by atoms with Gasteiger partial charge in [-0.25, -0.2) is 0 Å². The second kappa shape index (κ2) is 5.34. The second-order valence-corrected chi connectivity index (χ2v) is 3.52. The van der Waals surface area contributed by atoms with Crippen LogP contribution in [-0.2, 0) is 11.2 Å². The Labute approximate surface area is 89.8 Å². The van der Waals surface area contributed by atoms with Gasteiger partial charge in [-0.3, -0.25) is 9.89 Å². The van der Waals surface area contributed by atoms with Crippen molar-refractivity contribution in [3.8, 4) is 0 Å². The molecule has 4 heteroatoms. The summed E-state index contributed by atoms with van der Waals surface area (Å²) in [6.45, 7) is 8.07. The molecular weight excluding hydrogens is 190 g/mol. The predicted octanol–water partition coefficient (Wildman–Crippen LogP) is 1.26. The molecule has 0 aromatic carbocycles. The lowest BCUT2D eigenvalue weighted by atomic mass is 10.1. The third-order valence-electron chi connectivity index (χ3n) is 2.29. The van der Waals surface area contributed by atoms with E-state index in [-0.39, 0.29) is 5.91 Å². The van der Waals surface area contributed by atoms with Gasteiger partial charge in [0.05, 0.1) is 12.1 Å². The third-order valence-corrected chi connectivity index (χ3v) is 2.29. The lowest BCUT2D eigenvalue weighted by Gasteiger charge is -2.03. The summed E-state index contributed by atoms with van der Waals surface area (Å²) in [5.74, 6) is 0.0319. The number of aromatic nitrogens is 2. The molecule has 0 saturated carbocycles. The number of aryl methyl sites for hydroxylation is 2. The zero-order valence-corrected chi connectivity index (χ0v) is 9.26. The topological polar surface area (TPSA) is 57.8 Å². The maximum Gasteiger partial charge on any atom is 0.224 e. The average molecular weight is 207 g/mol. The number of nitrogens with zero attached hydrogens (tertiary/aromatic N) is 1. The summed E-state index contributed by atoms with van der Waals surface area (Å²) in [6.07, 6.45) is 2.98. The van der Waals surface area contributed by atoms with Crippen LogP contribution in [0.25, 0.3) is 0 Å². The van der Waals surface area contributed by atoms with Crippen molar-refractivity contribution in [2.45, 2.75) is 26.7 Å². The van der Waals surface area contributed by atoms with Gasteiger partial charge in [-0.1, -0.05) is 6.08 Å². The summed E-state index contributed by atoms with van der Waals surface area (Å²) < 4.78 is 0. The molecule has 1 aromatic heterocycles. The number of aromatic amines is 1. The highest BCUT2D eigenvalue weighted by molar-refractivity contribution is 5.79. The van der Waals surface area contributed by atoms with E-state index in [1.807, 2.05) is 13.8 Å². The minimum Gasteiger partial charge on any atom is -0.356 e. The van der Waals surface area contributed by atoms with Gasteiger partial charge < -0.3 is 5.32 Å². The minimum atomic E-state index is 0.0319. The molecule has 4 nitrogen and oxygen atoms in total. The number of carbonyl (C=O) groups excluding carboxylic acids is 1. The van der Waals surface area contributed by atoms with E-state index in [0.29, 0.717) is 13.0 Å². The number of hydrogen-bond donors (Lipinski definition) is 2. The first-order valence-electron chi connectivity index (χ1n) is 5.03. The van der Waals surface area contributed by atoms with Gasteiger partial charge in [-0.15, -0.1) is 6.58 Å². The normalized spacial score (nSPS) is 10.0. The highest BCUT2D eigenvalue weighted by Gasteiger charge is 2.10. The maximum absolute atomic E-state index is 11.5. The molecule has 0 unspecified atom stereocenters. The fraction of sp³-hybridized carbons (Fsp3) is 0.455. The quantitative estimate of drug-likeness (QED) is 0.564. The van der Waals surface area contributed by atoms with E-state index in [2.05, 4.69) is 22.1 Å². The van der Waals surface area contributed by atoms with Crippen LogP contribution in [0.2, 0.25) is 0 Å². The summed E-state index contributed by atoms with van der Waals surface area (Å²) in [7, 11) is 0. The molecule has 0 bridgehead atoms. The second-order valence-electron chi connectivity index (χ2n) is 3.52. The SMILES string of the molecule is C=CCCNC(=O)Cc1c(C)n[nH]c1C. The molecule has 0 fully saturated rings. The van der Waals surface area contributed by atoms with Gasteiger partial charge in [0.2, 0.25) is 5.91 Å². The van der Waals surface area contributed by atoms with Gasteiger partial charge in [0.15, 0.2) is 0 Å². The monoisotopic (exact) mass is 207 g/mol. The summed E-state index contributed by atoms with van der Waals surface area (Å²) >= 11 is 0. The number of amides is 1. The Morgan fingerprint density at radius 2 is 2.33 bits per heavy atom. The lowest BCUT2D eigenvalue weighted by Crippen LogP contribution is -2.26. The van der Waals surface area contributed by atoms with Gasteiger partial charge in [0.25, 0.3) is 0 Å². The Balaban J connectivity index is 2.47. The van der Waals surface area contributed by atoms with Crippen LogP contribution >= 0.6 is 0 Å². The van der Waals surface area contributed by atoms with E-state index >= 15 is 0 Å². The molecule has 1 amide bonds. The van der Waals surface area contributed by atoms with Gasteiger partial charge >= 0.3 is 0 Å². The van der Waals surface area contributed by atoms with Crippen molar-refractivity contribution in [3.05, 3.63) is 29.6 Å². The highest BCUT2D eigenvalue weighted by Crippen LogP contribution is 2.09. The number of rotatable bonds is 5. The summed E-state index contributed by atoms with van der Waals surface area (Å²) in [5.41, 5.74) is 2.85. The van der Waals surface area contributed by atoms with Crippen molar-refractivity contribution in [2.75, 3.05) is 6.54 Å². The van der Waals surface area contributed by atoms with Crippen molar-refractivity contribution in [2.24, 2.45) is 0 Å². The van der Waals surface area contributed by atoms with Crippen molar-refractivity contribution < 1.29 is 4.79 Å². The summed E-state index contributed by atoms with van der Waals surface area (Å²) in [5, 5.41) is 9.73. The first kappa shape index (κ1) is 11.5. The van der Waals surface area contributed by atoms with Crippen LogP contribution in [0, 0.1) is 13.8 Å². The Morgan fingerprint density at radius 1 is 1.60 bits per heavy atom. The van der Waals surface area contributed by atoms with Crippen LogP contribution < -0.4 is 5.32 Å². The van der Waals surface area contributed by atoms with E-state index in [4.69, 9.17) is 0 Å². The molecule has 1 rings (SSSR count). The molecule has 0 aliphatic carbocycles. The van der Waals surface area contributed by atoms with Crippen LogP contribution in [0.4, 0.5) is 0 Å². The van der Waals surface area contributed by atoms with Crippen molar-refractivity contribution in [1.29, 1.82) is 0 Å². The van der Waals surface area contributed by atoms with Crippen LogP contribution in [0.1, 0.15) is 23.4 Å². The lowest BCUT2D eigenvalue weighted by molar-refractivity contribution is -0.120. The molecule has 0 aliphatic heterocycles. The summed E-state index contributed by atoms with van der Waals surface area (Å²) in [6, 6.07) is 0. The Morgan fingerprint density at radius 3 is 2.87 bits per heavy atom. The van der Waals surface area contributed by atoms with Crippen LogP contribution in [0.3, 0.4) is 0 Å². The van der Waals surface area contributed by atoms with E-state index in [9.17, 15) is 4.79 Å². The molecule has 15 heavy (non-hydrogen) atoms. The standard InChI is InChI=1S/C11H17N3O/c1-4-5-6-12-11(15)7-10-8(2)13-14-9(10)3/h4H,1,5-7H2,2-3H3,(H,12,15)(H,13,14). The molecule has 0 spiro atoms. The maximum atomic E-state index is 11.5. The van der Waals surface area contributed by atoms with Crippen molar-refractivity contribution in [3.63, 3.8) is 0 Å². The fourth-order valence-electron chi connectivity index (χ4n) is 1.37. The molecule has 0 radical (unpaired) electrons. The first-order valence-corrected chi connectivity index (χ1v) is 5.03. The number of nitrogens with one attached hydrogen (secondary N) is 2.